The fourth-order valence-corrected chi connectivity index (χ4v) is 4.50. The Morgan fingerprint density at radius 1 is 1.03 bits per heavy atom. The molecule has 1 aromatic heterocycles. The molecule has 0 saturated heterocycles. The summed E-state index contributed by atoms with van der Waals surface area (Å²) in [5, 5.41) is 3.25. The van der Waals surface area contributed by atoms with Crippen LogP contribution in [0.4, 0.5) is 0 Å². The molecule has 1 aliphatic carbocycles. The average molecular weight is 422 g/mol. The van der Waals surface area contributed by atoms with Crippen LogP contribution in [0, 0.1) is 11.8 Å². The lowest BCUT2D eigenvalue weighted by Crippen LogP contribution is -2.34. The van der Waals surface area contributed by atoms with Crippen LogP contribution in [0.3, 0.4) is 0 Å². The van der Waals surface area contributed by atoms with Crippen molar-refractivity contribution in [1.82, 2.24) is 5.32 Å². The van der Waals surface area contributed by atoms with Gasteiger partial charge in [0, 0.05) is 11.6 Å². The standard InChI is InChI=1S/C27H35NO3/c1-20(2)19-22-7-3-4-9-24(10-5-8-22)28-27(30)23-15-12-21(13-16-23)14-17-25(29)26-11-6-18-31-26/h6,11-18,20,22,24H,3-5,7-10,19H2,1-2H3,(H,28,30)/b17-14+/t22-,24?/m0/s1. The Bertz CT molecular complexity index is 849. The van der Waals surface area contributed by atoms with Gasteiger partial charge in [0.05, 0.1) is 6.26 Å². The summed E-state index contributed by atoms with van der Waals surface area (Å²) in [7, 11) is 0. The van der Waals surface area contributed by atoms with E-state index in [1.54, 1.807) is 18.2 Å². The third-order valence-electron chi connectivity index (χ3n) is 6.08. The second-order valence-corrected chi connectivity index (χ2v) is 9.18. The Morgan fingerprint density at radius 2 is 1.74 bits per heavy atom. The monoisotopic (exact) mass is 421 g/mol. The van der Waals surface area contributed by atoms with Crippen molar-refractivity contribution >= 4 is 17.8 Å². The lowest BCUT2D eigenvalue weighted by molar-refractivity contribution is 0.0931. The van der Waals surface area contributed by atoms with Crippen LogP contribution in [0.5, 0.6) is 0 Å². The van der Waals surface area contributed by atoms with E-state index in [1.165, 1.54) is 50.9 Å². The molecular formula is C27H35NO3. The van der Waals surface area contributed by atoms with Gasteiger partial charge >= 0.3 is 0 Å². The maximum atomic E-state index is 12.7. The number of furan rings is 1. The third-order valence-corrected chi connectivity index (χ3v) is 6.08. The normalized spacial score (nSPS) is 20.2. The molecule has 4 nitrogen and oxygen atoms in total. The molecule has 1 unspecified atom stereocenters. The molecule has 31 heavy (non-hydrogen) atoms. The van der Waals surface area contributed by atoms with Gasteiger partial charge in [-0.15, -0.1) is 0 Å². The average Bonchev–Trinajstić information content (AvgIpc) is 3.31. The Balaban J connectivity index is 1.51. The second-order valence-electron chi connectivity index (χ2n) is 9.18. The molecule has 1 amide bonds. The van der Waals surface area contributed by atoms with E-state index in [2.05, 4.69) is 19.2 Å². The van der Waals surface area contributed by atoms with Crippen molar-refractivity contribution < 1.29 is 14.0 Å². The maximum absolute atomic E-state index is 12.7. The van der Waals surface area contributed by atoms with Gasteiger partial charge in [0.15, 0.2) is 5.76 Å². The van der Waals surface area contributed by atoms with Crippen LogP contribution in [0.2, 0.25) is 0 Å². The first-order valence-corrected chi connectivity index (χ1v) is 11.7. The zero-order valence-corrected chi connectivity index (χ0v) is 18.8. The largest absolute Gasteiger partial charge is 0.461 e. The van der Waals surface area contributed by atoms with Crippen LogP contribution in [0.25, 0.3) is 6.08 Å². The zero-order chi connectivity index (χ0) is 22.1. The summed E-state index contributed by atoms with van der Waals surface area (Å²) in [5.41, 5.74) is 1.53. The predicted molar refractivity (Wildman–Crippen MR) is 125 cm³/mol. The van der Waals surface area contributed by atoms with E-state index < -0.39 is 0 Å². The topological polar surface area (TPSA) is 59.3 Å². The second kappa shape index (κ2) is 11.7. The van der Waals surface area contributed by atoms with Gasteiger partial charge in [-0.25, -0.2) is 0 Å². The van der Waals surface area contributed by atoms with Gasteiger partial charge in [0.1, 0.15) is 0 Å². The molecular weight excluding hydrogens is 386 g/mol. The highest BCUT2D eigenvalue weighted by Gasteiger charge is 2.18. The number of ketones is 1. The minimum absolute atomic E-state index is 0.00910. The van der Waals surface area contributed by atoms with Crippen LogP contribution in [0.15, 0.2) is 53.2 Å². The molecule has 0 radical (unpaired) electrons. The van der Waals surface area contributed by atoms with Crippen LogP contribution in [-0.2, 0) is 0 Å². The molecule has 0 bridgehead atoms. The van der Waals surface area contributed by atoms with Crippen molar-refractivity contribution in [1.29, 1.82) is 0 Å². The molecule has 0 aliphatic heterocycles. The minimum Gasteiger partial charge on any atom is -0.461 e. The minimum atomic E-state index is -0.178. The van der Waals surface area contributed by atoms with E-state index >= 15 is 0 Å². The third kappa shape index (κ3) is 7.54. The summed E-state index contributed by atoms with van der Waals surface area (Å²) in [5.74, 6) is 1.74. The number of hydrogen-bond acceptors (Lipinski definition) is 3. The van der Waals surface area contributed by atoms with E-state index in [1.807, 2.05) is 24.3 Å². The van der Waals surface area contributed by atoms with Crippen molar-refractivity contribution in [2.45, 2.75) is 71.3 Å². The fourth-order valence-electron chi connectivity index (χ4n) is 4.50. The Morgan fingerprint density at radius 3 is 2.45 bits per heavy atom. The molecule has 2 aromatic rings. The zero-order valence-electron chi connectivity index (χ0n) is 18.8. The van der Waals surface area contributed by atoms with Gasteiger partial charge in [-0.3, -0.25) is 9.59 Å². The van der Waals surface area contributed by atoms with Gasteiger partial charge in [-0.2, -0.15) is 0 Å². The number of allylic oxidation sites excluding steroid dienone is 1. The number of nitrogens with one attached hydrogen (secondary N) is 1. The first-order chi connectivity index (χ1) is 15.0. The van der Waals surface area contributed by atoms with Gasteiger partial charge in [-0.05, 0) is 67.0 Å². The summed E-state index contributed by atoms with van der Waals surface area (Å²) >= 11 is 0. The van der Waals surface area contributed by atoms with Crippen molar-refractivity contribution in [3.05, 3.63) is 65.6 Å². The highest BCUT2D eigenvalue weighted by molar-refractivity contribution is 6.04. The van der Waals surface area contributed by atoms with Gasteiger partial charge in [-0.1, -0.05) is 64.2 Å². The molecule has 1 N–H and O–H groups in total. The number of amides is 1. The molecule has 1 aliphatic rings. The first kappa shape index (κ1) is 23.1. The first-order valence-electron chi connectivity index (χ1n) is 11.7. The van der Waals surface area contributed by atoms with Crippen LogP contribution < -0.4 is 5.32 Å². The van der Waals surface area contributed by atoms with E-state index in [9.17, 15) is 9.59 Å². The summed E-state index contributed by atoms with van der Waals surface area (Å²) in [4.78, 5) is 24.7. The number of carbonyl (C=O) groups is 2. The maximum Gasteiger partial charge on any atom is 0.251 e. The highest BCUT2D eigenvalue weighted by Crippen LogP contribution is 2.27. The van der Waals surface area contributed by atoms with Crippen LogP contribution in [-0.4, -0.2) is 17.7 Å². The van der Waals surface area contributed by atoms with Crippen molar-refractivity contribution in [2.75, 3.05) is 0 Å². The number of hydrogen-bond donors (Lipinski definition) is 1. The van der Waals surface area contributed by atoms with Crippen molar-refractivity contribution in [2.24, 2.45) is 11.8 Å². The van der Waals surface area contributed by atoms with Crippen LogP contribution in [0.1, 0.15) is 91.7 Å². The Kier molecular flexibility index (Phi) is 8.69. The summed E-state index contributed by atoms with van der Waals surface area (Å²) in [6, 6.07) is 11.0. The molecule has 0 spiro atoms. The SMILES string of the molecule is CC(C)C[C@H]1CCCCC(NC(=O)c2ccc(/C=C/C(=O)c3ccco3)cc2)CCC1. The van der Waals surface area contributed by atoms with E-state index in [-0.39, 0.29) is 17.7 Å². The molecule has 2 atom stereocenters. The lowest BCUT2D eigenvalue weighted by atomic mass is 9.89. The lowest BCUT2D eigenvalue weighted by Gasteiger charge is -2.19. The Hall–Kier alpha value is -2.62. The van der Waals surface area contributed by atoms with Crippen molar-refractivity contribution in [3.8, 4) is 0 Å². The predicted octanol–water partition coefficient (Wildman–Crippen LogP) is 6.68. The number of carbonyl (C=O) groups excluding carboxylic acids is 2. The summed E-state index contributed by atoms with van der Waals surface area (Å²) in [6.45, 7) is 4.63. The molecule has 3 rings (SSSR count). The van der Waals surface area contributed by atoms with Gasteiger partial charge in [0.25, 0.3) is 5.91 Å². The smallest absolute Gasteiger partial charge is 0.251 e. The number of rotatable bonds is 7. The van der Waals surface area contributed by atoms with Gasteiger partial charge < -0.3 is 9.73 Å². The molecule has 1 heterocycles. The van der Waals surface area contributed by atoms with Gasteiger partial charge in [0.2, 0.25) is 5.78 Å². The molecule has 1 saturated carbocycles. The quantitative estimate of drug-likeness (QED) is 0.401. The Labute approximate surface area is 186 Å². The molecule has 166 valence electrons. The molecule has 1 fully saturated rings. The summed E-state index contributed by atoms with van der Waals surface area (Å²) in [6.07, 6.45) is 14.4. The van der Waals surface area contributed by atoms with E-state index in [4.69, 9.17) is 4.42 Å². The highest BCUT2D eigenvalue weighted by atomic mass is 16.3. The summed E-state index contributed by atoms with van der Waals surface area (Å²) < 4.78 is 5.10. The van der Waals surface area contributed by atoms with E-state index in [0.717, 1.165) is 30.2 Å². The molecule has 4 heteroatoms. The number of benzene rings is 1. The van der Waals surface area contributed by atoms with E-state index in [0.29, 0.717) is 11.3 Å². The molecule has 1 aromatic carbocycles. The fraction of sp³-hybridized carbons (Fsp3) is 0.481. The van der Waals surface area contributed by atoms with Crippen LogP contribution >= 0.6 is 0 Å². The van der Waals surface area contributed by atoms with Crippen molar-refractivity contribution in [3.63, 3.8) is 0 Å².